The van der Waals surface area contributed by atoms with Gasteiger partial charge in [0.1, 0.15) is 17.3 Å². The first-order valence-corrected chi connectivity index (χ1v) is 10.7. The summed E-state index contributed by atoms with van der Waals surface area (Å²) in [4.78, 5) is 49.8. The number of amides is 1. The Bertz CT molecular complexity index is 1410. The Morgan fingerprint density at radius 1 is 1.00 bits per heavy atom. The summed E-state index contributed by atoms with van der Waals surface area (Å²) < 4.78 is 10.3. The number of carbonyl (C=O) groups excluding carboxylic acids is 3. The van der Waals surface area contributed by atoms with Crippen molar-refractivity contribution in [2.45, 2.75) is 13.0 Å². The number of nitro groups is 1. The Morgan fingerprint density at radius 2 is 1.69 bits per heavy atom. The van der Waals surface area contributed by atoms with Crippen LogP contribution in [0.2, 0.25) is 0 Å². The van der Waals surface area contributed by atoms with E-state index < -0.39 is 34.4 Å². The standard InChI is InChI=1S/C26H20N2O8/c1-15(29)36-21-8-4-5-16(14-21)23-22(24(30)17-6-3-7-19(13-17)28(33)34)25(31)26(32)27(23)18-9-11-20(35-2)12-10-18/h3-14,23,30H,1-2H3/b24-22-. The fourth-order valence-electron chi connectivity index (χ4n) is 3.99. The fraction of sp³-hybridized carbons (Fsp3) is 0.115. The Kier molecular flexibility index (Phi) is 6.51. The van der Waals surface area contributed by atoms with Crippen molar-refractivity contribution >= 4 is 34.8 Å². The number of Topliss-reactive ketones (excluding diaryl/α,β-unsaturated/α-hetero) is 1. The van der Waals surface area contributed by atoms with Gasteiger partial charge in [0.05, 0.1) is 23.6 Å². The maximum absolute atomic E-state index is 13.2. The van der Waals surface area contributed by atoms with E-state index in [4.69, 9.17) is 9.47 Å². The zero-order valence-corrected chi connectivity index (χ0v) is 19.2. The van der Waals surface area contributed by atoms with Crippen molar-refractivity contribution in [3.63, 3.8) is 0 Å². The summed E-state index contributed by atoms with van der Waals surface area (Å²) in [5, 5.41) is 22.4. The molecule has 1 atom stereocenters. The van der Waals surface area contributed by atoms with E-state index in [1.165, 1.54) is 49.3 Å². The quantitative estimate of drug-likeness (QED) is 0.104. The maximum atomic E-state index is 13.2. The van der Waals surface area contributed by atoms with Crippen LogP contribution in [0.1, 0.15) is 24.1 Å². The summed E-state index contributed by atoms with van der Waals surface area (Å²) in [7, 11) is 1.49. The first kappa shape index (κ1) is 24.1. The van der Waals surface area contributed by atoms with Gasteiger partial charge < -0.3 is 14.6 Å². The highest BCUT2D eigenvalue weighted by Gasteiger charge is 2.47. The van der Waals surface area contributed by atoms with Crippen molar-refractivity contribution < 1.29 is 33.9 Å². The van der Waals surface area contributed by atoms with E-state index in [0.29, 0.717) is 17.0 Å². The number of anilines is 1. The molecule has 1 unspecified atom stereocenters. The van der Waals surface area contributed by atoms with Crippen molar-refractivity contribution in [1.29, 1.82) is 0 Å². The second-order valence-corrected chi connectivity index (χ2v) is 7.84. The highest BCUT2D eigenvalue weighted by atomic mass is 16.6. The largest absolute Gasteiger partial charge is 0.507 e. The molecular weight excluding hydrogens is 468 g/mol. The molecule has 1 heterocycles. The highest BCUT2D eigenvalue weighted by Crippen LogP contribution is 2.43. The number of esters is 1. The van der Waals surface area contributed by atoms with Gasteiger partial charge in [-0.05, 0) is 42.0 Å². The maximum Gasteiger partial charge on any atom is 0.308 e. The van der Waals surface area contributed by atoms with Crippen LogP contribution in [0.5, 0.6) is 11.5 Å². The zero-order valence-electron chi connectivity index (χ0n) is 19.2. The number of benzene rings is 3. The molecule has 10 heteroatoms. The molecule has 1 aliphatic heterocycles. The van der Waals surface area contributed by atoms with E-state index in [1.54, 1.807) is 36.4 Å². The molecule has 1 aliphatic rings. The van der Waals surface area contributed by atoms with E-state index in [1.807, 2.05) is 0 Å². The van der Waals surface area contributed by atoms with E-state index >= 15 is 0 Å². The minimum Gasteiger partial charge on any atom is -0.507 e. The van der Waals surface area contributed by atoms with Crippen molar-refractivity contribution in [3.05, 3.63) is 99.6 Å². The molecule has 1 amide bonds. The number of hydrogen-bond donors (Lipinski definition) is 1. The molecule has 3 aromatic rings. The first-order chi connectivity index (χ1) is 17.2. The lowest BCUT2D eigenvalue weighted by Crippen LogP contribution is -2.29. The van der Waals surface area contributed by atoms with Crippen LogP contribution in [-0.2, 0) is 14.4 Å². The van der Waals surface area contributed by atoms with Crippen LogP contribution >= 0.6 is 0 Å². The van der Waals surface area contributed by atoms with Gasteiger partial charge in [-0.1, -0.05) is 24.3 Å². The molecule has 0 spiro atoms. The number of non-ortho nitro benzene ring substituents is 1. The van der Waals surface area contributed by atoms with Gasteiger partial charge in [-0.25, -0.2) is 0 Å². The average molecular weight is 488 g/mol. The first-order valence-electron chi connectivity index (χ1n) is 10.7. The lowest BCUT2D eigenvalue weighted by Gasteiger charge is -2.26. The molecule has 36 heavy (non-hydrogen) atoms. The molecule has 3 aromatic carbocycles. The summed E-state index contributed by atoms with van der Waals surface area (Å²) in [6.45, 7) is 1.23. The van der Waals surface area contributed by atoms with Crippen LogP contribution in [0, 0.1) is 10.1 Å². The Hall–Kier alpha value is -4.99. The van der Waals surface area contributed by atoms with Gasteiger partial charge in [-0.3, -0.25) is 29.4 Å². The van der Waals surface area contributed by atoms with Crippen LogP contribution < -0.4 is 14.4 Å². The number of aliphatic hydroxyl groups excluding tert-OH is 1. The predicted molar refractivity (Wildman–Crippen MR) is 129 cm³/mol. The van der Waals surface area contributed by atoms with Crippen molar-refractivity contribution in [1.82, 2.24) is 0 Å². The lowest BCUT2D eigenvalue weighted by molar-refractivity contribution is -0.384. The molecule has 1 N–H and O–H groups in total. The second-order valence-electron chi connectivity index (χ2n) is 7.84. The van der Waals surface area contributed by atoms with Crippen LogP contribution in [0.3, 0.4) is 0 Å². The number of ether oxygens (including phenoxy) is 2. The Morgan fingerprint density at radius 3 is 2.33 bits per heavy atom. The second kappa shape index (κ2) is 9.71. The molecule has 4 rings (SSSR count). The van der Waals surface area contributed by atoms with Crippen LogP contribution in [0.4, 0.5) is 11.4 Å². The number of rotatable bonds is 6. The van der Waals surface area contributed by atoms with Gasteiger partial charge in [0.25, 0.3) is 17.4 Å². The predicted octanol–water partition coefficient (Wildman–Crippen LogP) is 4.16. The summed E-state index contributed by atoms with van der Waals surface area (Å²) >= 11 is 0. The number of ketones is 1. The number of nitrogens with zero attached hydrogens (tertiary/aromatic N) is 2. The van der Waals surface area contributed by atoms with Gasteiger partial charge >= 0.3 is 5.97 Å². The zero-order chi connectivity index (χ0) is 26.0. The summed E-state index contributed by atoms with van der Waals surface area (Å²) in [5.74, 6) is -2.31. The Balaban J connectivity index is 1.93. The molecule has 0 saturated carbocycles. The third-order valence-corrected chi connectivity index (χ3v) is 5.56. The topological polar surface area (TPSA) is 136 Å². The average Bonchev–Trinajstić information content (AvgIpc) is 3.13. The number of hydrogen-bond acceptors (Lipinski definition) is 8. The third kappa shape index (κ3) is 4.51. The third-order valence-electron chi connectivity index (χ3n) is 5.56. The molecule has 182 valence electrons. The van der Waals surface area contributed by atoms with Crippen molar-refractivity contribution in [2.24, 2.45) is 0 Å². The highest BCUT2D eigenvalue weighted by molar-refractivity contribution is 6.51. The van der Waals surface area contributed by atoms with Gasteiger partial charge in [0.15, 0.2) is 0 Å². The fourth-order valence-corrected chi connectivity index (χ4v) is 3.99. The van der Waals surface area contributed by atoms with Crippen molar-refractivity contribution in [2.75, 3.05) is 12.0 Å². The van der Waals surface area contributed by atoms with E-state index in [0.717, 1.165) is 6.07 Å². The molecular formula is C26H20N2O8. The number of aliphatic hydroxyl groups is 1. The number of carbonyl (C=O) groups is 3. The van der Waals surface area contributed by atoms with Gasteiger partial charge in [-0.15, -0.1) is 0 Å². The Labute approximate surface area is 205 Å². The molecule has 1 fully saturated rings. The van der Waals surface area contributed by atoms with E-state index in [-0.39, 0.29) is 22.6 Å². The van der Waals surface area contributed by atoms with E-state index in [2.05, 4.69) is 0 Å². The minimum atomic E-state index is -1.12. The van der Waals surface area contributed by atoms with Crippen LogP contribution in [0.15, 0.2) is 78.4 Å². The number of nitro benzene ring substituents is 1. The molecule has 0 radical (unpaired) electrons. The SMILES string of the molecule is COc1ccc(N2C(=O)C(=O)/C(=C(\O)c3cccc([N+](=O)[O-])c3)C2c2cccc(OC(C)=O)c2)cc1. The molecule has 0 aromatic heterocycles. The van der Waals surface area contributed by atoms with Crippen molar-refractivity contribution in [3.8, 4) is 11.5 Å². The molecule has 0 bridgehead atoms. The summed E-state index contributed by atoms with van der Waals surface area (Å²) in [6.07, 6.45) is 0. The van der Waals surface area contributed by atoms with Crippen LogP contribution in [0.25, 0.3) is 5.76 Å². The van der Waals surface area contributed by atoms with E-state index in [9.17, 15) is 29.6 Å². The minimum absolute atomic E-state index is 0.00179. The van der Waals surface area contributed by atoms with Gasteiger partial charge in [0, 0.05) is 30.3 Å². The smallest absolute Gasteiger partial charge is 0.308 e. The molecule has 0 aliphatic carbocycles. The molecule has 10 nitrogen and oxygen atoms in total. The van der Waals surface area contributed by atoms with Gasteiger partial charge in [-0.2, -0.15) is 0 Å². The van der Waals surface area contributed by atoms with Gasteiger partial charge in [0.2, 0.25) is 0 Å². The normalized spacial score (nSPS) is 16.6. The summed E-state index contributed by atoms with van der Waals surface area (Å²) in [5.41, 5.74) is 0.154. The molecule has 1 saturated heterocycles. The monoisotopic (exact) mass is 488 g/mol. The lowest BCUT2D eigenvalue weighted by atomic mass is 9.95. The van der Waals surface area contributed by atoms with Crippen LogP contribution in [-0.4, -0.2) is 34.8 Å². The summed E-state index contributed by atoms with van der Waals surface area (Å²) in [6, 6.07) is 16.6. The number of methoxy groups -OCH3 is 1.